The van der Waals surface area contributed by atoms with E-state index in [1.54, 1.807) is 0 Å². The van der Waals surface area contributed by atoms with Crippen LogP contribution in [0, 0.1) is 11.7 Å². The fourth-order valence-corrected chi connectivity index (χ4v) is 8.11. The molecule has 1 saturated heterocycles. The van der Waals surface area contributed by atoms with Crippen molar-refractivity contribution in [1.82, 2.24) is 4.90 Å². The molecular weight excluding hydrogens is 424 g/mol. The molecule has 0 N–H and O–H groups in total. The number of likely N-dealkylation sites (tertiary alicyclic amines) is 1. The number of hydrogen-bond acceptors (Lipinski definition) is 2. The van der Waals surface area contributed by atoms with Crippen molar-refractivity contribution in [2.45, 2.75) is 90.6 Å². The Morgan fingerprint density at radius 2 is 1.59 bits per heavy atom. The molecule has 0 aromatic heterocycles. The summed E-state index contributed by atoms with van der Waals surface area (Å²) in [5.41, 5.74) is 0.779. The molecule has 0 spiro atoms. The Morgan fingerprint density at radius 1 is 1.07 bits per heavy atom. The summed E-state index contributed by atoms with van der Waals surface area (Å²) in [6.45, 7) is 13.6. The Kier molecular flexibility index (Phi) is 9.94. The molecule has 0 bridgehead atoms. The van der Waals surface area contributed by atoms with Gasteiger partial charge < -0.3 is 9.33 Å². The Bertz CT molecular complexity index is 614. The van der Waals surface area contributed by atoms with Crippen LogP contribution in [0.3, 0.4) is 0 Å². The zero-order chi connectivity index (χ0) is 21.6. The molecule has 1 unspecified atom stereocenters. The van der Waals surface area contributed by atoms with E-state index in [1.165, 1.54) is 38.1 Å². The first-order valence-corrected chi connectivity index (χ1v) is 14.6. The van der Waals surface area contributed by atoms with Gasteiger partial charge in [-0.05, 0) is 88.8 Å². The second kappa shape index (κ2) is 11.5. The molecule has 0 saturated carbocycles. The van der Waals surface area contributed by atoms with Gasteiger partial charge in [0.25, 0.3) is 0 Å². The van der Waals surface area contributed by atoms with E-state index in [2.05, 4.69) is 39.5 Å². The molecule has 0 aliphatic carbocycles. The molecule has 1 heterocycles. The normalized spacial score (nSPS) is 17.8. The number of hydrogen-bond donors (Lipinski definition) is 0. The fraction of sp³-hybridized carbons (Fsp3) is 0.739. The van der Waals surface area contributed by atoms with Crippen LogP contribution in [0.1, 0.15) is 72.0 Å². The first-order valence-electron chi connectivity index (χ1n) is 11.3. The maximum atomic E-state index is 13.8. The maximum Gasteiger partial charge on any atom is 0.192 e. The Hall–Kier alpha value is -0.133. The summed E-state index contributed by atoms with van der Waals surface area (Å²) in [7, 11) is -1.85. The van der Waals surface area contributed by atoms with E-state index >= 15 is 0 Å². The second-order valence-corrected chi connectivity index (χ2v) is 14.3. The molecule has 2 nitrogen and oxygen atoms in total. The minimum absolute atomic E-state index is 0.148. The van der Waals surface area contributed by atoms with Crippen LogP contribution in [0.15, 0.2) is 12.1 Å². The molecule has 166 valence electrons. The van der Waals surface area contributed by atoms with Gasteiger partial charge in [-0.25, -0.2) is 4.39 Å². The summed E-state index contributed by atoms with van der Waals surface area (Å²) in [5, 5.41) is 0.779. The molecule has 0 radical (unpaired) electrons. The van der Waals surface area contributed by atoms with Gasteiger partial charge in [0.1, 0.15) is 5.82 Å². The lowest BCUT2D eigenvalue weighted by molar-refractivity contribution is 0.125. The largest absolute Gasteiger partial charge is 0.410 e. The molecule has 29 heavy (non-hydrogen) atoms. The van der Waals surface area contributed by atoms with E-state index in [4.69, 9.17) is 27.6 Å². The zero-order valence-corrected chi connectivity index (χ0v) is 21.3. The summed E-state index contributed by atoms with van der Waals surface area (Å²) in [5.74, 6) is 0.309. The Morgan fingerprint density at radius 3 is 2.03 bits per heavy atom. The number of piperidine rings is 1. The quantitative estimate of drug-likeness (QED) is 0.326. The highest BCUT2D eigenvalue weighted by atomic mass is 35.5. The highest BCUT2D eigenvalue weighted by Gasteiger charge is 2.34. The van der Waals surface area contributed by atoms with E-state index in [-0.39, 0.29) is 6.10 Å². The predicted molar refractivity (Wildman–Crippen MR) is 126 cm³/mol. The van der Waals surface area contributed by atoms with Crippen molar-refractivity contribution in [3.8, 4) is 0 Å². The van der Waals surface area contributed by atoms with E-state index < -0.39 is 14.1 Å². The van der Waals surface area contributed by atoms with Gasteiger partial charge in [0, 0.05) is 11.6 Å². The van der Waals surface area contributed by atoms with Crippen molar-refractivity contribution in [1.29, 1.82) is 0 Å². The Labute approximate surface area is 188 Å². The average Bonchev–Trinajstić information content (AvgIpc) is 2.69. The van der Waals surface area contributed by atoms with Crippen molar-refractivity contribution in [3.63, 3.8) is 0 Å². The van der Waals surface area contributed by atoms with E-state index in [0.29, 0.717) is 22.0 Å². The summed E-state index contributed by atoms with van der Waals surface area (Å²) in [4.78, 5) is 2.56. The molecule has 1 aliphatic heterocycles. The highest BCUT2D eigenvalue weighted by molar-refractivity contribution is 6.73. The number of halogens is 3. The van der Waals surface area contributed by atoms with Gasteiger partial charge in [0.2, 0.25) is 0 Å². The van der Waals surface area contributed by atoms with Crippen LogP contribution >= 0.6 is 23.2 Å². The van der Waals surface area contributed by atoms with Gasteiger partial charge in [-0.2, -0.15) is 0 Å². The molecule has 0 amide bonds. The standard InChI is InChI=1S/C23H38Cl2FNOSi/c1-6-29(7-2,8-3)28-22(23-20(24)15-19(26)16-21(23)25)10-9-18-11-13-27(14-12-18)17(4)5/h15-18,22H,6-14H2,1-5H3. The van der Waals surface area contributed by atoms with Crippen LogP contribution in [-0.4, -0.2) is 32.3 Å². The predicted octanol–water partition coefficient (Wildman–Crippen LogP) is 8.10. The summed E-state index contributed by atoms with van der Waals surface area (Å²) >= 11 is 12.9. The second-order valence-electron chi connectivity index (χ2n) is 8.78. The van der Waals surface area contributed by atoms with Crippen LogP contribution in [0.5, 0.6) is 0 Å². The van der Waals surface area contributed by atoms with E-state index in [0.717, 1.165) is 36.5 Å². The minimum Gasteiger partial charge on any atom is -0.410 e. The lowest BCUT2D eigenvalue weighted by Crippen LogP contribution is -2.39. The van der Waals surface area contributed by atoms with E-state index in [9.17, 15) is 4.39 Å². The van der Waals surface area contributed by atoms with Crippen molar-refractivity contribution in [2.75, 3.05) is 13.1 Å². The van der Waals surface area contributed by atoms with Crippen LogP contribution in [-0.2, 0) is 4.43 Å². The zero-order valence-electron chi connectivity index (χ0n) is 18.7. The number of rotatable bonds is 10. The van der Waals surface area contributed by atoms with Crippen LogP contribution in [0.4, 0.5) is 4.39 Å². The molecule has 1 atom stereocenters. The monoisotopic (exact) mass is 461 g/mol. The minimum atomic E-state index is -1.85. The van der Waals surface area contributed by atoms with Crippen molar-refractivity contribution in [2.24, 2.45) is 5.92 Å². The summed E-state index contributed by atoms with van der Waals surface area (Å²) < 4.78 is 20.6. The third-order valence-electron chi connectivity index (χ3n) is 6.91. The molecule has 1 aliphatic rings. The van der Waals surface area contributed by atoms with Gasteiger partial charge in [0.05, 0.1) is 16.1 Å². The van der Waals surface area contributed by atoms with Crippen LogP contribution < -0.4 is 0 Å². The van der Waals surface area contributed by atoms with Crippen molar-refractivity contribution in [3.05, 3.63) is 33.6 Å². The van der Waals surface area contributed by atoms with Gasteiger partial charge >= 0.3 is 0 Å². The fourth-order valence-electron chi connectivity index (χ4n) is 4.57. The maximum absolute atomic E-state index is 13.8. The molecule has 1 aromatic rings. The van der Waals surface area contributed by atoms with Gasteiger partial charge in [0.15, 0.2) is 8.32 Å². The van der Waals surface area contributed by atoms with Gasteiger partial charge in [-0.3, -0.25) is 0 Å². The molecular formula is C23H38Cl2FNOSi. The number of nitrogens with zero attached hydrogens (tertiary/aromatic N) is 1. The molecule has 6 heteroatoms. The third-order valence-corrected chi connectivity index (χ3v) is 12.2. The topological polar surface area (TPSA) is 12.5 Å². The highest BCUT2D eigenvalue weighted by Crippen LogP contribution is 2.41. The summed E-state index contributed by atoms with van der Waals surface area (Å²) in [6.07, 6.45) is 4.31. The molecule has 2 rings (SSSR count). The lowest BCUT2D eigenvalue weighted by atomic mass is 9.89. The molecule has 1 aromatic carbocycles. The first-order chi connectivity index (χ1) is 13.7. The van der Waals surface area contributed by atoms with Gasteiger partial charge in [-0.15, -0.1) is 0 Å². The molecule has 1 fully saturated rings. The van der Waals surface area contributed by atoms with E-state index in [1.807, 2.05) is 0 Å². The first kappa shape index (κ1) is 25.1. The average molecular weight is 463 g/mol. The third kappa shape index (κ3) is 6.67. The van der Waals surface area contributed by atoms with Crippen LogP contribution in [0.2, 0.25) is 28.2 Å². The van der Waals surface area contributed by atoms with Crippen molar-refractivity contribution >= 4 is 31.5 Å². The van der Waals surface area contributed by atoms with Gasteiger partial charge in [-0.1, -0.05) is 44.0 Å². The van der Waals surface area contributed by atoms with Crippen molar-refractivity contribution < 1.29 is 8.82 Å². The van der Waals surface area contributed by atoms with Crippen LogP contribution in [0.25, 0.3) is 0 Å². The smallest absolute Gasteiger partial charge is 0.192 e. The Balaban J connectivity index is 2.18. The lowest BCUT2D eigenvalue weighted by Gasteiger charge is -2.37. The number of benzene rings is 1. The SMILES string of the molecule is CC[Si](CC)(CC)OC(CCC1CCN(C(C)C)CC1)c1c(Cl)cc(F)cc1Cl. The summed E-state index contributed by atoms with van der Waals surface area (Å²) in [6, 6.07) is 6.56.